The molecule has 1 aliphatic heterocycles. The third kappa shape index (κ3) is 4.95. The monoisotopic (exact) mass is 287 g/mol. The van der Waals surface area contributed by atoms with Crippen molar-refractivity contribution in [3.05, 3.63) is 24.3 Å². The highest BCUT2D eigenvalue weighted by molar-refractivity contribution is 5.49. The van der Waals surface area contributed by atoms with Crippen LogP contribution in [-0.2, 0) is 0 Å². The molecule has 0 spiro atoms. The summed E-state index contributed by atoms with van der Waals surface area (Å²) in [6, 6.07) is 10.6. The van der Waals surface area contributed by atoms with E-state index in [9.17, 15) is 0 Å². The van der Waals surface area contributed by atoms with Gasteiger partial charge in [0.2, 0.25) is 0 Å². The van der Waals surface area contributed by atoms with Crippen LogP contribution in [0.2, 0.25) is 0 Å². The molecule has 2 rings (SSSR count). The van der Waals surface area contributed by atoms with Crippen molar-refractivity contribution >= 4 is 5.69 Å². The minimum atomic E-state index is -0.254. The first-order valence-corrected chi connectivity index (χ1v) is 7.70. The number of rotatable bonds is 6. The molecule has 0 bridgehead atoms. The van der Waals surface area contributed by atoms with E-state index in [1.54, 1.807) is 0 Å². The van der Waals surface area contributed by atoms with E-state index in [-0.39, 0.29) is 5.41 Å². The summed E-state index contributed by atoms with van der Waals surface area (Å²) >= 11 is 0. The van der Waals surface area contributed by atoms with Gasteiger partial charge in [-0.3, -0.25) is 0 Å². The highest BCUT2D eigenvalue weighted by atomic mass is 16.5. The van der Waals surface area contributed by atoms with Gasteiger partial charge in [0.1, 0.15) is 5.75 Å². The van der Waals surface area contributed by atoms with Gasteiger partial charge in [0, 0.05) is 31.9 Å². The quantitative estimate of drug-likeness (QED) is 0.817. The number of ether oxygens (including phenoxy) is 1. The van der Waals surface area contributed by atoms with Crippen LogP contribution in [0.5, 0.6) is 5.75 Å². The molecule has 0 radical (unpaired) electrons. The van der Waals surface area contributed by atoms with Crippen LogP contribution in [0, 0.1) is 16.7 Å². The number of nitriles is 1. The Labute approximate surface area is 127 Å². The first kappa shape index (κ1) is 15.7. The number of benzene rings is 1. The van der Waals surface area contributed by atoms with Crippen molar-refractivity contribution in [2.24, 2.45) is 5.41 Å². The van der Waals surface area contributed by atoms with Gasteiger partial charge in [-0.25, -0.2) is 0 Å². The summed E-state index contributed by atoms with van der Waals surface area (Å²) in [5, 5.41) is 12.3. The van der Waals surface area contributed by atoms with E-state index in [1.807, 2.05) is 26.0 Å². The Morgan fingerprint density at radius 1 is 1.24 bits per heavy atom. The minimum absolute atomic E-state index is 0.254. The van der Waals surface area contributed by atoms with Crippen molar-refractivity contribution in [2.75, 3.05) is 37.7 Å². The molecular formula is C17H25N3O. The van der Waals surface area contributed by atoms with Crippen molar-refractivity contribution in [3.63, 3.8) is 0 Å². The molecule has 1 N–H and O–H groups in total. The smallest absolute Gasteiger partial charge is 0.119 e. The topological polar surface area (TPSA) is 48.3 Å². The Balaban J connectivity index is 1.76. The fourth-order valence-corrected chi connectivity index (χ4v) is 2.44. The van der Waals surface area contributed by atoms with E-state index in [2.05, 4.69) is 28.4 Å². The molecule has 4 heteroatoms. The zero-order chi connectivity index (χ0) is 15.1. The van der Waals surface area contributed by atoms with Gasteiger partial charge < -0.3 is 15.0 Å². The van der Waals surface area contributed by atoms with E-state index in [0.717, 1.165) is 44.8 Å². The van der Waals surface area contributed by atoms with Crippen molar-refractivity contribution < 1.29 is 4.74 Å². The second kappa shape index (κ2) is 7.33. The summed E-state index contributed by atoms with van der Waals surface area (Å²) in [4.78, 5) is 2.38. The molecule has 0 saturated carbocycles. The Morgan fingerprint density at radius 3 is 2.52 bits per heavy atom. The van der Waals surface area contributed by atoms with Gasteiger partial charge in [0.25, 0.3) is 0 Å². The summed E-state index contributed by atoms with van der Waals surface area (Å²) in [5.41, 5.74) is 1.00. The highest BCUT2D eigenvalue weighted by Crippen LogP contribution is 2.22. The molecule has 1 aromatic rings. The summed E-state index contributed by atoms with van der Waals surface area (Å²) < 4.78 is 5.75. The highest BCUT2D eigenvalue weighted by Gasteiger charge is 2.15. The predicted molar refractivity (Wildman–Crippen MR) is 85.6 cm³/mol. The molecular weight excluding hydrogens is 262 g/mol. The summed E-state index contributed by atoms with van der Waals surface area (Å²) in [6.45, 7) is 8.81. The lowest BCUT2D eigenvalue weighted by molar-refractivity contribution is 0.284. The van der Waals surface area contributed by atoms with Gasteiger partial charge in [-0.05, 0) is 51.0 Å². The first-order valence-electron chi connectivity index (χ1n) is 7.70. The second-order valence-corrected chi connectivity index (χ2v) is 6.18. The molecule has 114 valence electrons. The van der Waals surface area contributed by atoms with Gasteiger partial charge in [-0.1, -0.05) is 0 Å². The number of anilines is 1. The number of piperazine rings is 1. The maximum atomic E-state index is 8.96. The molecule has 1 aromatic carbocycles. The van der Waals surface area contributed by atoms with Crippen LogP contribution in [0.15, 0.2) is 24.3 Å². The number of hydrogen-bond acceptors (Lipinski definition) is 4. The van der Waals surface area contributed by atoms with Gasteiger partial charge in [-0.2, -0.15) is 5.26 Å². The molecule has 0 amide bonds. The second-order valence-electron chi connectivity index (χ2n) is 6.18. The lowest BCUT2D eigenvalue weighted by Crippen LogP contribution is -2.43. The molecule has 21 heavy (non-hydrogen) atoms. The van der Waals surface area contributed by atoms with Gasteiger partial charge in [0.15, 0.2) is 0 Å². The zero-order valence-electron chi connectivity index (χ0n) is 13.1. The maximum absolute atomic E-state index is 8.96. The van der Waals surface area contributed by atoms with Gasteiger partial charge in [-0.15, -0.1) is 0 Å². The molecule has 0 aromatic heterocycles. The molecule has 1 fully saturated rings. The summed E-state index contributed by atoms with van der Waals surface area (Å²) in [5.74, 6) is 0.906. The van der Waals surface area contributed by atoms with Crippen molar-refractivity contribution in [3.8, 4) is 11.8 Å². The third-order valence-electron chi connectivity index (χ3n) is 3.84. The van der Waals surface area contributed by atoms with E-state index in [4.69, 9.17) is 10.00 Å². The molecule has 0 atom stereocenters. The van der Waals surface area contributed by atoms with E-state index in [1.165, 1.54) is 5.69 Å². The number of nitrogens with zero attached hydrogens (tertiary/aromatic N) is 2. The van der Waals surface area contributed by atoms with Crippen molar-refractivity contribution in [1.82, 2.24) is 5.32 Å². The summed E-state index contributed by atoms with van der Waals surface area (Å²) in [6.07, 6.45) is 1.77. The van der Waals surface area contributed by atoms with Crippen molar-refractivity contribution in [1.29, 1.82) is 5.26 Å². The fourth-order valence-electron chi connectivity index (χ4n) is 2.44. The Hall–Kier alpha value is -1.73. The van der Waals surface area contributed by atoms with Crippen LogP contribution in [-0.4, -0.2) is 32.8 Å². The Kier molecular flexibility index (Phi) is 5.46. The van der Waals surface area contributed by atoms with Gasteiger partial charge >= 0.3 is 0 Å². The Morgan fingerprint density at radius 2 is 1.90 bits per heavy atom. The van der Waals surface area contributed by atoms with Gasteiger partial charge in [0.05, 0.1) is 18.1 Å². The van der Waals surface area contributed by atoms with Crippen LogP contribution >= 0.6 is 0 Å². The van der Waals surface area contributed by atoms with E-state index >= 15 is 0 Å². The van der Waals surface area contributed by atoms with Crippen LogP contribution in [0.4, 0.5) is 5.69 Å². The largest absolute Gasteiger partial charge is 0.494 e. The van der Waals surface area contributed by atoms with Crippen molar-refractivity contribution in [2.45, 2.75) is 26.7 Å². The van der Waals surface area contributed by atoms with E-state index < -0.39 is 0 Å². The average molecular weight is 287 g/mol. The van der Waals surface area contributed by atoms with Crippen LogP contribution in [0.3, 0.4) is 0 Å². The SMILES string of the molecule is CC(C)(C#N)CCCOc1ccc(N2CCNCC2)cc1. The standard InChI is InChI=1S/C17H25N3O/c1-17(2,14-18)8-3-13-21-16-6-4-15(5-7-16)20-11-9-19-10-12-20/h4-7,19H,3,8-13H2,1-2H3. The lowest BCUT2D eigenvalue weighted by Gasteiger charge is -2.29. The zero-order valence-corrected chi connectivity index (χ0v) is 13.1. The molecule has 1 heterocycles. The number of nitrogens with one attached hydrogen (secondary N) is 1. The lowest BCUT2D eigenvalue weighted by atomic mass is 9.90. The fraction of sp³-hybridized carbons (Fsp3) is 0.588. The molecule has 1 saturated heterocycles. The van der Waals surface area contributed by atoms with Crippen LogP contribution < -0.4 is 15.0 Å². The normalized spacial score (nSPS) is 15.6. The summed E-state index contributed by atoms with van der Waals surface area (Å²) in [7, 11) is 0. The molecule has 1 aliphatic rings. The molecule has 4 nitrogen and oxygen atoms in total. The minimum Gasteiger partial charge on any atom is -0.494 e. The Bertz CT molecular complexity index is 470. The molecule has 0 unspecified atom stereocenters. The van der Waals surface area contributed by atoms with Crippen LogP contribution in [0.1, 0.15) is 26.7 Å². The number of hydrogen-bond donors (Lipinski definition) is 1. The van der Waals surface area contributed by atoms with Crippen LogP contribution in [0.25, 0.3) is 0 Å². The predicted octanol–water partition coefficient (Wildman–Crippen LogP) is 2.80. The average Bonchev–Trinajstić information content (AvgIpc) is 2.53. The first-order chi connectivity index (χ1) is 10.1. The maximum Gasteiger partial charge on any atom is 0.119 e. The molecule has 0 aliphatic carbocycles. The van der Waals surface area contributed by atoms with E-state index in [0.29, 0.717) is 6.61 Å². The third-order valence-corrected chi connectivity index (χ3v) is 3.84.